The summed E-state index contributed by atoms with van der Waals surface area (Å²) in [6.45, 7) is 7.62. The largest absolute Gasteiger partial charge is 0.459 e. The van der Waals surface area contributed by atoms with E-state index in [1.807, 2.05) is 15.7 Å². The Labute approximate surface area is 332 Å². The van der Waals surface area contributed by atoms with Gasteiger partial charge >= 0.3 is 24.1 Å². The average molecular weight is 824 g/mol. The van der Waals surface area contributed by atoms with Crippen molar-refractivity contribution in [3.8, 4) is 12.1 Å². The van der Waals surface area contributed by atoms with Crippen LogP contribution in [0.2, 0.25) is 0 Å². The van der Waals surface area contributed by atoms with E-state index >= 15 is 0 Å². The molecule has 0 bridgehead atoms. The maximum atomic E-state index is 13.2. The van der Waals surface area contributed by atoms with Crippen LogP contribution < -0.4 is 14.5 Å². The Bertz CT molecular complexity index is 2290. The first kappa shape index (κ1) is 43.1. The molecule has 5 rings (SSSR count). The molecule has 19 heteroatoms. The Balaban J connectivity index is 1.15. The summed E-state index contributed by atoms with van der Waals surface area (Å²) in [5.74, 6) is -4.55. The van der Waals surface area contributed by atoms with Crippen LogP contribution in [0.3, 0.4) is 0 Å². The van der Waals surface area contributed by atoms with Gasteiger partial charge in [0, 0.05) is 32.1 Å². The fourth-order valence-electron chi connectivity index (χ4n) is 6.71. The standard InChI is InChI=1S/C39H40F3N7O8S/c1-22(2)56-37(52)31-17-28(19-43)34(45-23(31)3)49-15-11-27(12-16-49)36(51)57-38(53)32-18-29(20-44)33(46-24(32)4)48-13-9-26(10-14-48)35(50)47-58(54,55)21-25-5-7-30(8-6-25)39(40,41)42/h5-8,17-18,22,26-27H,9-16,21H2,1-4H3,(H,47,50). The number of nitrogens with zero attached hydrogens (tertiary/aromatic N) is 6. The molecule has 0 unspecified atom stereocenters. The Morgan fingerprint density at radius 2 is 1.29 bits per heavy atom. The summed E-state index contributed by atoms with van der Waals surface area (Å²) in [6.07, 6.45) is -3.98. The minimum Gasteiger partial charge on any atom is -0.459 e. The molecule has 0 spiro atoms. The van der Waals surface area contributed by atoms with Crippen molar-refractivity contribution >= 4 is 45.5 Å². The van der Waals surface area contributed by atoms with Crippen LogP contribution in [0.1, 0.15) is 93.9 Å². The van der Waals surface area contributed by atoms with Crippen LogP contribution in [0.15, 0.2) is 36.4 Å². The summed E-state index contributed by atoms with van der Waals surface area (Å²) in [7, 11) is -4.21. The molecule has 15 nitrogen and oxygen atoms in total. The molecule has 0 radical (unpaired) electrons. The van der Waals surface area contributed by atoms with Crippen LogP contribution in [0, 0.1) is 48.3 Å². The molecule has 0 saturated carbocycles. The van der Waals surface area contributed by atoms with Gasteiger partial charge in [-0.05, 0) is 83.2 Å². The number of hydrogen-bond acceptors (Lipinski definition) is 14. The third kappa shape index (κ3) is 10.3. The quantitative estimate of drug-likeness (QED) is 0.213. The Kier molecular flexibility index (Phi) is 13.1. The lowest BCUT2D eigenvalue weighted by atomic mass is 9.96. The number of halogens is 3. The maximum absolute atomic E-state index is 13.2. The van der Waals surface area contributed by atoms with E-state index in [4.69, 9.17) is 9.47 Å². The highest BCUT2D eigenvalue weighted by molar-refractivity contribution is 7.89. The molecule has 2 aliphatic heterocycles. The van der Waals surface area contributed by atoms with Gasteiger partial charge in [0.25, 0.3) is 0 Å². The second-order valence-corrected chi connectivity index (χ2v) is 16.0. The first-order chi connectivity index (χ1) is 27.3. The summed E-state index contributed by atoms with van der Waals surface area (Å²) in [6, 6.07) is 10.4. The average Bonchev–Trinajstić information content (AvgIpc) is 3.16. The summed E-state index contributed by atoms with van der Waals surface area (Å²) >= 11 is 0. The molecule has 1 N–H and O–H groups in total. The molecule has 1 amide bonds. The van der Waals surface area contributed by atoms with Crippen molar-refractivity contribution in [2.45, 2.75) is 71.4 Å². The van der Waals surface area contributed by atoms with Gasteiger partial charge in [0.1, 0.15) is 23.8 Å². The number of aryl methyl sites for hydroxylation is 2. The van der Waals surface area contributed by atoms with Crippen molar-refractivity contribution in [1.82, 2.24) is 14.7 Å². The number of piperidine rings is 2. The number of ether oxygens (including phenoxy) is 2. The number of esters is 3. The number of hydrogen-bond donors (Lipinski definition) is 1. The highest BCUT2D eigenvalue weighted by Gasteiger charge is 2.34. The van der Waals surface area contributed by atoms with Gasteiger partial charge in [-0.25, -0.2) is 28.0 Å². The number of nitriles is 2. The zero-order valence-corrected chi connectivity index (χ0v) is 32.9. The molecular weight excluding hydrogens is 784 g/mol. The molecule has 3 aromatic rings. The number of benzene rings is 1. The second kappa shape index (κ2) is 17.6. The predicted octanol–water partition coefficient (Wildman–Crippen LogP) is 4.88. The van der Waals surface area contributed by atoms with E-state index < -0.39 is 63.2 Å². The van der Waals surface area contributed by atoms with Crippen LogP contribution in [0.25, 0.3) is 0 Å². The van der Waals surface area contributed by atoms with Gasteiger partial charge in [-0.15, -0.1) is 0 Å². The van der Waals surface area contributed by atoms with Gasteiger partial charge in [-0.1, -0.05) is 12.1 Å². The normalized spacial score (nSPS) is 15.3. The summed E-state index contributed by atoms with van der Waals surface area (Å²) in [4.78, 5) is 64.2. The lowest BCUT2D eigenvalue weighted by Crippen LogP contribution is -2.43. The van der Waals surface area contributed by atoms with E-state index in [9.17, 15) is 51.3 Å². The number of nitrogens with one attached hydrogen (secondary N) is 1. The zero-order chi connectivity index (χ0) is 42.5. The van der Waals surface area contributed by atoms with E-state index in [0.717, 1.165) is 24.3 Å². The van der Waals surface area contributed by atoms with Crippen LogP contribution in [0.4, 0.5) is 24.8 Å². The molecule has 2 saturated heterocycles. The highest BCUT2D eigenvalue weighted by atomic mass is 32.2. The fourth-order valence-corrected chi connectivity index (χ4v) is 7.89. The molecule has 1 aromatic carbocycles. The zero-order valence-electron chi connectivity index (χ0n) is 32.1. The van der Waals surface area contributed by atoms with Crippen molar-refractivity contribution in [1.29, 1.82) is 10.5 Å². The van der Waals surface area contributed by atoms with Crippen molar-refractivity contribution in [2.75, 3.05) is 36.0 Å². The number of carbonyl (C=O) groups is 4. The molecule has 58 heavy (non-hydrogen) atoms. The number of anilines is 2. The highest BCUT2D eigenvalue weighted by Crippen LogP contribution is 2.31. The van der Waals surface area contributed by atoms with Crippen LogP contribution in [0.5, 0.6) is 0 Å². The van der Waals surface area contributed by atoms with Gasteiger partial charge in [-0.3, -0.25) is 14.3 Å². The Hall–Kier alpha value is -6.08. The summed E-state index contributed by atoms with van der Waals surface area (Å²) in [5, 5.41) is 19.7. The summed E-state index contributed by atoms with van der Waals surface area (Å²) < 4.78 is 76.3. The van der Waals surface area contributed by atoms with Crippen molar-refractivity contribution in [2.24, 2.45) is 11.8 Å². The second-order valence-electron chi connectivity index (χ2n) is 14.3. The minimum atomic E-state index is -4.58. The molecule has 0 atom stereocenters. The molecule has 2 aliphatic rings. The van der Waals surface area contributed by atoms with Gasteiger partial charge in [0.15, 0.2) is 0 Å². The lowest BCUT2D eigenvalue weighted by Gasteiger charge is -2.33. The van der Waals surface area contributed by atoms with E-state index in [1.165, 1.54) is 19.1 Å². The van der Waals surface area contributed by atoms with E-state index in [2.05, 4.69) is 16.0 Å². The molecule has 0 aliphatic carbocycles. The van der Waals surface area contributed by atoms with E-state index in [0.29, 0.717) is 24.6 Å². The first-order valence-corrected chi connectivity index (χ1v) is 20.0. The van der Waals surface area contributed by atoms with Crippen molar-refractivity contribution in [3.05, 3.63) is 81.2 Å². The molecule has 4 heterocycles. The Morgan fingerprint density at radius 3 is 1.74 bits per heavy atom. The fraction of sp³-hybridized carbons (Fsp3) is 0.436. The maximum Gasteiger partial charge on any atom is 0.416 e. The molecule has 2 fully saturated rings. The van der Waals surface area contributed by atoms with Gasteiger partial charge < -0.3 is 19.3 Å². The number of rotatable bonds is 10. The molecular formula is C39H40F3N7O8S. The Morgan fingerprint density at radius 1 is 0.828 bits per heavy atom. The number of carbonyl (C=O) groups excluding carboxylic acids is 4. The number of amides is 1. The third-order valence-electron chi connectivity index (χ3n) is 9.79. The third-order valence-corrected chi connectivity index (χ3v) is 11.0. The number of aromatic nitrogens is 2. The van der Waals surface area contributed by atoms with Crippen molar-refractivity contribution in [3.63, 3.8) is 0 Å². The number of alkyl halides is 3. The van der Waals surface area contributed by atoms with Gasteiger partial charge in [0.05, 0.1) is 57.0 Å². The van der Waals surface area contributed by atoms with Crippen LogP contribution in [-0.2, 0) is 41.0 Å². The smallest absolute Gasteiger partial charge is 0.416 e. The first-order valence-electron chi connectivity index (χ1n) is 18.3. The number of sulfonamides is 1. The number of pyridine rings is 2. The lowest BCUT2D eigenvalue weighted by molar-refractivity contribution is -0.143. The van der Waals surface area contributed by atoms with Gasteiger partial charge in [-0.2, -0.15) is 23.7 Å². The van der Waals surface area contributed by atoms with Crippen LogP contribution >= 0.6 is 0 Å². The van der Waals surface area contributed by atoms with Crippen LogP contribution in [-0.4, -0.2) is 74.5 Å². The molecule has 2 aromatic heterocycles. The monoisotopic (exact) mass is 823 g/mol. The van der Waals surface area contributed by atoms with Crippen molar-refractivity contribution < 1.29 is 50.2 Å². The van der Waals surface area contributed by atoms with E-state index in [1.54, 1.807) is 25.7 Å². The SMILES string of the molecule is Cc1nc(N2CCC(C(=O)NS(=O)(=O)Cc3ccc(C(F)(F)F)cc3)CC2)c(C#N)cc1C(=O)OC(=O)C1CCN(c2nc(C)c(C(=O)OC(C)C)cc2C#N)CC1. The minimum absolute atomic E-state index is 0.0138. The summed E-state index contributed by atoms with van der Waals surface area (Å²) in [5.41, 5.74) is -0.00419. The molecule has 306 valence electrons. The van der Waals surface area contributed by atoms with Gasteiger partial charge in [0.2, 0.25) is 15.9 Å². The van der Waals surface area contributed by atoms with E-state index in [-0.39, 0.29) is 84.2 Å². The predicted molar refractivity (Wildman–Crippen MR) is 200 cm³/mol. The topological polar surface area (TPSA) is 213 Å².